The standard InChI is InChI=1S/C18H18Cl2N6O/c1-27-18-3-2-12-7-25(9-15-16(19)5-21-6-17(15)20)23-4-13(12)14(18)8-26-11-22-10-24-26/h2-6,10H,7-9,11H2,1H3,(H,22,24). The van der Waals surface area contributed by atoms with Crippen LogP contribution in [0.1, 0.15) is 22.3 Å². The van der Waals surface area contributed by atoms with Gasteiger partial charge in [-0.05, 0) is 11.6 Å². The molecule has 1 aromatic carbocycles. The summed E-state index contributed by atoms with van der Waals surface area (Å²) in [7, 11) is 1.68. The maximum atomic E-state index is 6.24. The second kappa shape index (κ2) is 7.72. The van der Waals surface area contributed by atoms with Crippen molar-refractivity contribution in [2.75, 3.05) is 13.8 Å². The van der Waals surface area contributed by atoms with Gasteiger partial charge in [0.25, 0.3) is 0 Å². The van der Waals surface area contributed by atoms with Crippen molar-refractivity contribution in [3.63, 3.8) is 0 Å². The number of hydrogen-bond acceptors (Lipinski definition) is 7. The quantitative estimate of drug-likeness (QED) is 0.829. The molecule has 2 aromatic rings. The van der Waals surface area contributed by atoms with Crippen molar-refractivity contribution in [1.29, 1.82) is 0 Å². The van der Waals surface area contributed by atoms with E-state index in [1.165, 1.54) is 5.56 Å². The number of nitrogens with one attached hydrogen (secondary N) is 1. The Labute approximate surface area is 167 Å². The van der Waals surface area contributed by atoms with Gasteiger partial charge in [0.2, 0.25) is 0 Å². The molecule has 0 atom stereocenters. The van der Waals surface area contributed by atoms with Gasteiger partial charge in [0.05, 0.1) is 42.8 Å². The number of hydrogen-bond donors (Lipinski definition) is 1. The van der Waals surface area contributed by atoms with Gasteiger partial charge in [-0.1, -0.05) is 29.3 Å². The van der Waals surface area contributed by atoms with E-state index in [1.807, 2.05) is 22.3 Å². The summed E-state index contributed by atoms with van der Waals surface area (Å²) in [5.74, 6) is 0.836. The molecule has 0 saturated heterocycles. The van der Waals surface area contributed by atoms with E-state index >= 15 is 0 Å². The number of aromatic nitrogens is 1. The van der Waals surface area contributed by atoms with Gasteiger partial charge in [-0.15, -0.1) is 0 Å². The molecule has 0 spiro atoms. The fourth-order valence-electron chi connectivity index (χ4n) is 3.18. The van der Waals surface area contributed by atoms with E-state index < -0.39 is 0 Å². The molecule has 4 rings (SSSR count). The molecule has 2 aliphatic rings. The number of halogens is 2. The average Bonchev–Trinajstić information content (AvgIpc) is 3.18. The monoisotopic (exact) mass is 404 g/mol. The maximum absolute atomic E-state index is 6.24. The lowest BCUT2D eigenvalue weighted by molar-refractivity contribution is 0.251. The van der Waals surface area contributed by atoms with Gasteiger partial charge in [-0.25, -0.2) is 0 Å². The molecule has 7 nitrogen and oxygen atoms in total. The fraction of sp³-hybridized carbons (Fsp3) is 0.278. The zero-order valence-electron chi connectivity index (χ0n) is 14.7. The molecule has 0 radical (unpaired) electrons. The van der Waals surface area contributed by atoms with Gasteiger partial charge >= 0.3 is 0 Å². The normalized spacial score (nSPS) is 15.7. The Kier molecular flexibility index (Phi) is 5.15. The average molecular weight is 405 g/mol. The fourth-order valence-corrected chi connectivity index (χ4v) is 3.66. The van der Waals surface area contributed by atoms with Crippen LogP contribution in [0.25, 0.3) is 0 Å². The van der Waals surface area contributed by atoms with Crippen LogP contribution in [0.4, 0.5) is 0 Å². The maximum Gasteiger partial charge on any atom is 0.124 e. The summed E-state index contributed by atoms with van der Waals surface area (Å²) in [5.41, 5.74) is 7.26. The van der Waals surface area contributed by atoms with Crippen molar-refractivity contribution >= 4 is 35.8 Å². The molecule has 0 amide bonds. The molecule has 2 aliphatic heterocycles. The minimum Gasteiger partial charge on any atom is -0.496 e. The summed E-state index contributed by atoms with van der Waals surface area (Å²) in [5, 5.41) is 9.63. The van der Waals surface area contributed by atoms with Crippen LogP contribution in [0.15, 0.2) is 34.6 Å². The zero-order valence-corrected chi connectivity index (χ0v) is 16.2. The third-order valence-corrected chi connectivity index (χ3v) is 5.20. The highest BCUT2D eigenvalue weighted by Crippen LogP contribution is 2.31. The predicted octanol–water partition coefficient (Wildman–Crippen LogP) is 3.05. The van der Waals surface area contributed by atoms with E-state index in [1.54, 1.807) is 25.8 Å². The lowest BCUT2D eigenvalue weighted by atomic mass is 9.99. The Morgan fingerprint density at radius 1 is 1.15 bits per heavy atom. The highest BCUT2D eigenvalue weighted by atomic mass is 35.5. The van der Waals surface area contributed by atoms with Crippen molar-refractivity contribution in [2.45, 2.75) is 19.6 Å². The Balaban J connectivity index is 1.59. The van der Waals surface area contributed by atoms with E-state index in [2.05, 4.69) is 26.6 Å². The van der Waals surface area contributed by atoms with Crippen molar-refractivity contribution in [1.82, 2.24) is 20.4 Å². The van der Waals surface area contributed by atoms with Crippen LogP contribution in [-0.4, -0.2) is 41.3 Å². The molecule has 0 bridgehead atoms. The Bertz CT molecular complexity index is 889. The van der Waals surface area contributed by atoms with E-state index in [0.29, 0.717) is 36.3 Å². The summed E-state index contributed by atoms with van der Waals surface area (Å²) >= 11 is 12.5. The second-order valence-corrected chi connectivity index (χ2v) is 7.06. The van der Waals surface area contributed by atoms with Crippen molar-refractivity contribution in [3.8, 4) is 5.75 Å². The molecule has 1 aromatic heterocycles. The zero-order chi connectivity index (χ0) is 18.8. The van der Waals surface area contributed by atoms with Gasteiger partial charge in [-0.3, -0.25) is 15.0 Å². The minimum atomic E-state index is 0.513. The molecular formula is C18H18Cl2N6O. The first-order chi connectivity index (χ1) is 13.2. The van der Waals surface area contributed by atoms with Crippen molar-refractivity contribution in [3.05, 3.63) is 56.8 Å². The summed E-state index contributed by atoms with van der Waals surface area (Å²) in [6, 6.07) is 4.06. The van der Waals surface area contributed by atoms with E-state index in [9.17, 15) is 0 Å². The van der Waals surface area contributed by atoms with Crippen LogP contribution < -0.4 is 10.2 Å². The largest absolute Gasteiger partial charge is 0.496 e. The van der Waals surface area contributed by atoms with Gasteiger partial charge in [0.1, 0.15) is 12.4 Å². The predicted molar refractivity (Wildman–Crippen MR) is 106 cm³/mol. The lowest BCUT2D eigenvalue weighted by Gasteiger charge is -2.27. The Morgan fingerprint density at radius 2 is 1.96 bits per heavy atom. The van der Waals surface area contributed by atoms with Gasteiger partial charge in [0.15, 0.2) is 0 Å². The summed E-state index contributed by atoms with van der Waals surface area (Å²) in [6.07, 6.45) is 6.76. The smallest absolute Gasteiger partial charge is 0.124 e. The van der Waals surface area contributed by atoms with Gasteiger partial charge in [0, 0.05) is 35.6 Å². The second-order valence-electron chi connectivity index (χ2n) is 6.25. The number of hydrazine groups is 1. The first kappa shape index (κ1) is 18.0. The summed E-state index contributed by atoms with van der Waals surface area (Å²) in [4.78, 5) is 8.18. The topological polar surface area (TPSA) is 65.3 Å². The Hall–Kier alpha value is -2.35. The SMILES string of the molecule is COc1ccc2c(c1CN1CN=CN1)C=NN(Cc1c(Cl)cncc1Cl)C2. The summed E-state index contributed by atoms with van der Waals surface area (Å²) in [6.45, 7) is 2.44. The molecule has 1 N–H and O–H groups in total. The molecular weight excluding hydrogens is 387 g/mol. The van der Waals surface area contributed by atoms with E-state index in [0.717, 1.165) is 22.4 Å². The third kappa shape index (κ3) is 3.71. The third-order valence-electron chi connectivity index (χ3n) is 4.55. The number of pyridine rings is 1. The minimum absolute atomic E-state index is 0.513. The van der Waals surface area contributed by atoms with Crippen LogP contribution in [0, 0.1) is 0 Å². The Morgan fingerprint density at radius 3 is 2.67 bits per heavy atom. The molecule has 0 saturated carbocycles. The number of aliphatic imine (C=N–C) groups is 1. The number of rotatable bonds is 5. The van der Waals surface area contributed by atoms with E-state index in [-0.39, 0.29) is 0 Å². The van der Waals surface area contributed by atoms with Gasteiger partial charge in [-0.2, -0.15) is 10.1 Å². The molecule has 27 heavy (non-hydrogen) atoms. The molecule has 140 valence electrons. The molecule has 0 aliphatic carbocycles. The number of fused-ring (bicyclic) bond motifs is 1. The van der Waals surface area contributed by atoms with Crippen molar-refractivity contribution in [2.24, 2.45) is 10.1 Å². The number of benzene rings is 1. The van der Waals surface area contributed by atoms with Crippen LogP contribution in [0.5, 0.6) is 5.75 Å². The first-order valence-corrected chi connectivity index (χ1v) is 9.16. The van der Waals surface area contributed by atoms with Gasteiger partial charge < -0.3 is 10.2 Å². The molecule has 9 heteroatoms. The van der Waals surface area contributed by atoms with Crippen LogP contribution in [0.2, 0.25) is 10.0 Å². The lowest BCUT2D eigenvalue weighted by Crippen LogP contribution is -2.32. The number of methoxy groups -OCH3 is 1. The van der Waals surface area contributed by atoms with Crippen molar-refractivity contribution < 1.29 is 4.74 Å². The number of ether oxygens (including phenoxy) is 1. The van der Waals surface area contributed by atoms with Crippen LogP contribution in [-0.2, 0) is 19.6 Å². The highest BCUT2D eigenvalue weighted by molar-refractivity contribution is 6.35. The summed E-state index contributed by atoms with van der Waals surface area (Å²) < 4.78 is 5.56. The highest BCUT2D eigenvalue weighted by Gasteiger charge is 2.21. The molecule has 0 unspecified atom stereocenters. The molecule has 0 fully saturated rings. The molecule has 3 heterocycles. The number of hydrazone groups is 1. The number of nitrogens with zero attached hydrogens (tertiary/aromatic N) is 5. The van der Waals surface area contributed by atoms with Crippen LogP contribution in [0.3, 0.4) is 0 Å². The van der Waals surface area contributed by atoms with Crippen LogP contribution >= 0.6 is 23.2 Å². The van der Waals surface area contributed by atoms with E-state index in [4.69, 9.17) is 27.9 Å². The first-order valence-electron chi connectivity index (χ1n) is 8.40.